The Kier molecular flexibility index (Phi) is 3.52. The number of carboxylic acid groups (broad SMARTS) is 1. The van der Waals surface area contributed by atoms with Crippen molar-refractivity contribution in [2.75, 3.05) is 0 Å². The quantitative estimate of drug-likeness (QED) is 0.906. The molecule has 106 valence electrons. The fourth-order valence-electron chi connectivity index (χ4n) is 3.42. The van der Waals surface area contributed by atoms with Crippen LogP contribution in [0.4, 0.5) is 0 Å². The second-order valence-electron chi connectivity index (χ2n) is 5.82. The van der Waals surface area contributed by atoms with Crippen LogP contribution in [0.5, 0.6) is 0 Å². The van der Waals surface area contributed by atoms with Gasteiger partial charge in [-0.1, -0.05) is 25.1 Å². The molecule has 0 radical (unpaired) electrons. The molecule has 4 unspecified atom stereocenters. The molecule has 1 saturated carbocycles. The molecule has 0 spiro atoms. The van der Waals surface area contributed by atoms with Crippen LogP contribution in [0, 0.1) is 17.8 Å². The lowest BCUT2D eigenvalue weighted by Gasteiger charge is -2.22. The summed E-state index contributed by atoms with van der Waals surface area (Å²) in [6, 6.07) is 7.96. The van der Waals surface area contributed by atoms with Crippen LogP contribution in [-0.4, -0.2) is 16.2 Å². The van der Waals surface area contributed by atoms with Crippen molar-refractivity contribution in [3.63, 3.8) is 0 Å². The number of thiophene rings is 1. The van der Waals surface area contributed by atoms with Crippen LogP contribution in [-0.2, 0) is 4.79 Å². The molecule has 1 heterocycles. The predicted octanol–water partition coefficient (Wildman–Crippen LogP) is 3.68. The maximum Gasteiger partial charge on any atom is 0.306 e. The summed E-state index contributed by atoms with van der Waals surface area (Å²) in [5.41, 5.74) is 0.885. The first-order chi connectivity index (χ1) is 9.58. The van der Waals surface area contributed by atoms with Crippen LogP contribution in [0.2, 0.25) is 0 Å². The van der Waals surface area contributed by atoms with Gasteiger partial charge < -0.3 is 10.2 Å². The van der Waals surface area contributed by atoms with E-state index in [1.54, 1.807) is 11.3 Å². The molecule has 0 amide bonds. The molecule has 1 fully saturated rings. The minimum Gasteiger partial charge on any atom is -0.481 e. The van der Waals surface area contributed by atoms with Crippen molar-refractivity contribution < 1.29 is 15.0 Å². The Morgan fingerprint density at radius 3 is 2.85 bits per heavy atom. The average molecular weight is 290 g/mol. The maximum atomic E-state index is 11.4. The third-order valence-electron chi connectivity index (χ3n) is 4.40. The number of hydrogen-bond donors (Lipinski definition) is 2. The van der Waals surface area contributed by atoms with Crippen LogP contribution in [0.3, 0.4) is 0 Å². The summed E-state index contributed by atoms with van der Waals surface area (Å²) in [7, 11) is 0. The number of carbonyl (C=O) groups is 1. The Morgan fingerprint density at radius 2 is 2.10 bits per heavy atom. The number of aliphatic carboxylic acids is 1. The van der Waals surface area contributed by atoms with Crippen LogP contribution in [0.15, 0.2) is 29.6 Å². The standard InChI is InChI=1S/C16H18O3S/c1-9-6-11(12(7-9)16(18)19)15(17)13-8-20-14-5-3-2-4-10(13)14/h2-5,8-9,11-12,15,17H,6-7H2,1H3,(H,18,19). The van der Waals surface area contributed by atoms with Crippen molar-refractivity contribution in [3.8, 4) is 0 Å². The highest BCUT2D eigenvalue weighted by Crippen LogP contribution is 2.45. The fraction of sp³-hybridized carbons (Fsp3) is 0.438. The fourth-order valence-corrected chi connectivity index (χ4v) is 4.41. The molecular formula is C16H18O3S. The SMILES string of the molecule is CC1CC(C(=O)O)C(C(O)c2csc3ccccc23)C1. The second-order valence-corrected chi connectivity index (χ2v) is 6.73. The topological polar surface area (TPSA) is 57.5 Å². The smallest absolute Gasteiger partial charge is 0.306 e. The highest BCUT2D eigenvalue weighted by molar-refractivity contribution is 7.17. The lowest BCUT2D eigenvalue weighted by Crippen LogP contribution is -2.23. The van der Waals surface area contributed by atoms with E-state index < -0.39 is 18.0 Å². The summed E-state index contributed by atoms with van der Waals surface area (Å²) >= 11 is 1.60. The van der Waals surface area contributed by atoms with Crippen molar-refractivity contribution in [1.29, 1.82) is 0 Å². The number of fused-ring (bicyclic) bond motifs is 1. The van der Waals surface area contributed by atoms with Gasteiger partial charge in [-0.3, -0.25) is 4.79 Å². The van der Waals surface area contributed by atoms with Gasteiger partial charge >= 0.3 is 5.97 Å². The molecule has 0 aliphatic heterocycles. The normalized spacial score (nSPS) is 27.8. The summed E-state index contributed by atoms with van der Waals surface area (Å²) in [4.78, 5) is 11.4. The number of carboxylic acids is 1. The van der Waals surface area contributed by atoms with E-state index in [1.165, 1.54) is 0 Å². The number of aliphatic hydroxyl groups is 1. The first-order valence-electron chi connectivity index (χ1n) is 6.95. The first kappa shape index (κ1) is 13.6. The van der Waals surface area contributed by atoms with Gasteiger partial charge in [0.05, 0.1) is 12.0 Å². The minimum absolute atomic E-state index is 0.180. The molecule has 0 bridgehead atoms. The van der Waals surface area contributed by atoms with E-state index in [0.29, 0.717) is 12.3 Å². The Hall–Kier alpha value is -1.39. The van der Waals surface area contributed by atoms with Gasteiger partial charge in [0.25, 0.3) is 0 Å². The monoisotopic (exact) mass is 290 g/mol. The molecule has 1 aliphatic rings. The molecule has 1 aromatic heterocycles. The van der Waals surface area contributed by atoms with Gasteiger partial charge in [0, 0.05) is 10.6 Å². The van der Waals surface area contributed by atoms with Gasteiger partial charge in [-0.15, -0.1) is 11.3 Å². The summed E-state index contributed by atoms with van der Waals surface area (Å²) in [5, 5.41) is 23.1. The molecule has 2 N–H and O–H groups in total. The van der Waals surface area contributed by atoms with E-state index in [0.717, 1.165) is 22.1 Å². The molecule has 0 saturated heterocycles. The van der Waals surface area contributed by atoms with Crippen LogP contribution in [0.1, 0.15) is 31.4 Å². The summed E-state index contributed by atoms with van der Waals surface area (Å²) in [6.45, 7) is 2.06. The number of aliphatic hydroxyl groups excluding tert-OH is 1. The third-order valence-corrected chi connectivity index (χ3v) is 5.38. The third kappa shape index (κ3) is 2.23. The zero-order chi connectivity index (χ0) is 14.3. The van der Waals surface area contributed by atoms with Crippen LogP contribution in [0.25, 0.3) is 10.1 Å². The van der Waals surface area contributed by atoms with Gasteiger partial charge in [0.2, 0.25) is 0 Å². The Morgan fingerprint density at radius 1 is 1.35 bits per heavy atom. The second kappa shape index (κ2) is 5.19. The van der Waals surface area contributed by atoms with Gasteiger partial charge in [-0.25, -0.2) is 0 Å². The van der Waals surface area contributed by atoms with Crippen molar-refractivity contribution in [3.05, 3.63) is 35.2 Å². The minimum atomic E-state index is -0.780. The lowest BCUT2D eigenvalue weighted by atomic mass is 9.87. The Labute approximate surface area is 121 Å². The van der Waals surface area contributed by atoms with E-state index in [4.69, 9.17) is 0 Å². The van der Waals surface area contributed by atoms with Crippen molar-refractivity contribution >= 4 is 27.4 Å². The van der Waals surface area contributed by atoms with E-state index in [1.807, 2.05) is 29.6 Å². The highest BCUT2D eigenvalue weighted by Gasteiger charge is 2.41. The summed E-state index contributed by atoms with van der Waals surface area (Å²) < 4.78 is 1.14. The number of rotatable bonds is 3. The molecule has 3 rings (SSSR count). The maximum absolute atomic E-state index is 11.4. The predicted molar refractivity (Wildman–Crippen MR) is 79.8 cm³/mol. The molecule has 2 aromatic rings. The zero-order valence-electron chi connectivity index (χ0n) is 11.3. The molecule has 4 heteroatoms. The van der Waals surface area contributed by atoms with Crippen molar-refractivity contribution in [2.24, 2.45) is 17.8 Å². The van der Waals surface area contributed by atoms with E-state index in [-0.39, 0.29) is 5.92 Å². The molecule has 20 heavy (non-hydrogen) atoms. The van der Waals surface area contributed by atoms with Gasteiger partial charge in [-0.05, 0) is 41.2 Å². The Bertz CT molecular complexity index is 633. The largest absolute Gasteiger partial charge is 0.481 e. The number of hydrogen-bond acceptors (Lipinski definition) is 3. The van der Waals surface area contributed by atoms with Crippen molar-refractivity contribution in [2.45, 2.75) is 25.9 Å². The summed E-state index contributed by atoms with van der Waals surface area (Å²) in [6.07, 6.45) is 0.763. The van der Waals surface area contributed by atoms with Gasteiger partial charge in [0.1, 0.15) is 0 Å². The molecule has 4 atom stereocenters. The van der Waals surface area contributed by atoms with Crippen LogP contribution >= 0.6 is 11.3 Å². The Balaban J connectivity index is 1.95. The van der Waals surface area contributed by atoms with E-state index in [2.05, 4.69) is 6.92 Å². The van der Waals surface area contributed by atoms with Crippen molar-refractivity contribution in [1.82, 2.24) is 0 Å². The molecule has 1 aromatic carbocycles. The lowest BCUT2D eigenvalue weighted by molar-refractivity contribution is -0.144. The van der Waals surface area contributed by atoms with Gasteiger partial charge in [0.15, 0.2) is 0 Å². The average Bonchev–Trinajstić information content (AvgIpc) is 3.01. The summed E-state index contributed by atoms with van der Waals surface area (Å²) in [5.74, 6) is -1.03. The van der Waals surface area contributed by atoms with Crippen LogP contribution < -0.4 is 0 Å². The van der Waals surface area contributed by atoms with Gasteiger partial charge in [-0.2, -0.15) is 0 Å². The molecule has 3 nitrogen and oxygen atoms in total. The number of benzene rings is 1. The first-order valence-corrected chi connectivity index (χ1v) is 7.83. The molecular weight excluding hydrogens is 272 g/mol. The zero-order valence-corrected chi connectivity index (χ0v) is 12.1. The highest BCUT2D eigenvalue weighted by atomic mass is 32.1. The van der Waals surface area contributed by atoms with E-state index in [9.17, 15) is 15.0 Å². The van der Waals surface area contributed by atoms with E-state index >= 15 is 0 Å². The molecule has 1 aliphatic carbocycles.